The molecule has 0 spiro atoms. The van der Waals surface area contributed by atoms with Crippen LogP contribution in [0.4, 0.5) is 0 Å². The molecule has 20 heavy (non-hydrogen) atoms. The number of aromatic nitrogens is 1. The summed E-state index contributed by atoms with van der Waals surface area (Å²) in [5.74, 6) is 0.632. The summed E-state index contributed by atoms with van der Waals surface area (Å²) in [6.45, 7) is 2.51. The standard InChI is InChI=1S/C16H25N3O/c1-2-15(12-6-4-3-5-7-12)19-16(20)13-8-9-18-14(10-13)11-17/h8-10,12,15H,2-7,11,17H2,1H3,(H,19,20). The predicted molar refractivity (Wildman–Crippen MR) is 80.2 cm³/mol. The first-order valence-electron chi connectivity index (χ1n) is 7.70. The Hall–Kier alpha value is -1.42. The van der Waals surface area contributed by atoms with E-state index < -0.39 is 0 Å². The Kier molecular flexibility index (Phi) is 5.53. The van der Waals surface area contributed by atoms with Gasteiger partial charge in [-0.1, -0.05) is 26.2 Å². The van der Waals surface area contributed by atoms with Crippen LogP contribution in [0, 0.1) is 5.92 Å². The topological polar surface area (TPSA) is 68.0 Å². The van der Waals surface area contributed by atoms with Crippen molar-refractivity contribution < 1.29 is 4.79 Å². The van der Waals surface area contributed by atoms with Crippen molar-refractivity contribution in [3.05, 3.63) is 29.6 Å². The van der Waals surface area contributed by atoms with Crippen LogP contribution >= 0.6 is 0 Å². The highest BCUT2D eigenvalue weighted by Gasteiger charge is 2.24. The maximum absolute atomic E-state index is 12.3. The first kappa shape index (κ1) is 15.0. The van der Waals surface area contributed by atoms with Gasteiger partial charge in [-0.3, -0.25) is 9.78 Å². The molecule has 0 aromatic carbocycles. The average molecular weight is 275 g/mol. The lowest BCUT2D eigenvalue weighted by Crippen LogP contribution is -2.40. The Morgan fingerprint density at radius 3 is 2.85 bits per heavy atom. The van der Waals surface area contributed by atoms with E-state index in [-0.39, 0.29) is 11.9 Å². The third-order valence-electron chi connectivity index (χ3n) is 4.26. The number of rotatable bonds is 5. The van der Waals surface area contributed by atoms with Crippen LogP contribution in [0.2, 0.25) is 0 Å². The van der Waals surface area contributed by atoms with E-state index in [2.05, 4.69) is 17.2 Å². The van der Waals surface area contributed by atoms with Crippen LogP contribution in [0.3, 0.4) is 0 Å². The van der Waals surface area contributed by atoms with E-state index in [1.54, 1.807) is 18.3 Å². The van der Waals surface area contributed by atoms with Crippen molar-refractivity contribution in [2.75, 3.05) is 0 Å². The molecule has 1 fully saturated rings. The second-order valence-corrected chi connectivity index (χ2v) is 5.63. The summed E-state index contributed by atoms with van der Waals surface area (Å²) in [6, 6.07) is 3.82. The van der Waals surface area contributed by atoms with Gasteiger partial charge in [0.1, 0.15) is 0 Å². The molecule has 2 rings (SSSR count). The quantitative estimate of drug-likeness (QED) is 0.868. The van der Waals surface area contributed by atoms with E-state index in [9.17, 15) is 4.79 Å². The fourth-order valence-corrected chi connectivity index (χ4v) is 3.07. The molecule has 0 bridgehead atoms. The average Bonchev–Trinajstić information content (AvgIpc) is 2.53. The van der Waals surface area contributed by atoms with Gasteiger partial charge in [-0.25, -0.2) is 0 Å². The lowest BCUT2D eigenvalue weighted by atomic mass is 9.83. The highest BCUT2D eigenvalue weighted by molar-refractivity contribution is 5.94. The van der Waals surface area contributed by atoms with Crippen molar-refractivity contribution in [3.63, 3.8) is 0 Å². The number of carbonyl (C=O) groups excluding carboxylic acids is 1. The molecule has 1 unspecified atom stereocenters. The number of nitrogens with two attached hydrogens (primary N) is 1. The van der Waals surface area contributed by atoms with Gasteiger partial charge in [0.15, 0.2) is 0 Å². The fraction of sp³-hybridized carbons (Fsp3) is 0.625. The van der Waals surface area contributed by atoms with Crippen molar-refractivity contribution in [2.24, 2.45) is 11.7 Å². The lowest BCUT2D eigenvalue weighted by Gasteiger charge is -2.30. The monoisotopic (exact) mass is 275 g/mol. The minimum Gasteiger partial charge on any atom is -0.349 e. The number of amides is 1. The molecule has 1 atom stereocenters. The zero-order valence-electron chi connectivity index (χ0n) is 12.3. The Morgan fingerprint density at radius 2 is 2.20 bits per heavy atom. The number of nitrogens with zero attached hydrogens (tertiary/aromatic N) is 1. The maximum Gasteiger partial charge on any atom is 0.251 e. The molecular weight excluding hydrogens is 250 g/mol. The smallest absolute Gasteiger partial charge is 0.251 e. The van der Waals surface area contributed by atoms with Crippen LogP contribution in [0.1, 0.15) is 61.5 Å². The molecule has 1 aromatic heterocycles. The Morgan fingerprint density at radius 1 is 1.45 bits per heavy atom. The van der Waals surface area contributed by atoms with Crippen LogP contribution in [-0.2, 0) is 6.54 Å². The van der Waals surface area contributed by atoms with E-state index in [0.717, 1.165) is 12.1 Å². The molecule has 3 N–H and O–H groups in total. The molecule has 4 heteroatoms. The predicted octanol–water partition coefficient (Wildman–Crippen LogP) is 2.63. The lowest BCUT2D eigenvalue weighted by molar-refractivity contribution is 0.0911. The van der Waals surface area contributed by atoms with E-state index >= 15 is 0 Å². The Bertz CT molecular complexity index is 441. The Balaban J connectivity index is 2.00. The van der Waals surface area contributed by atoms with Crippen LogP contribution in [0.5, 0.6) is 0 Å². The zero-order chi connectivity index (χ0) is 14.4. The molecule has 1 amide bonds. The highest BCUT2D eigenvalue weighted by Crippen LogP contribution is 2.27. The van der Waals surface area contributed by atoms with Gasteiger partial charge in [0, 0.05) is 24.3 Å². The minimum atomic E-state index is -0.000441. The van der Waals surface area contributed by atoms with Gasteiger partial charge >= 0.3 is 0 Å². The van der Waals surface area contributed by atoms with Crippen molar-refractivity contribution in [1.82, 2.24) is 10.3 Å². The molecule has 1 heterocycles. The van der Waals surface area contributed by atoms with Crippen LogP contribution < -0.4 is 11.1 Å². The highest BCUT2D eigenvalue weighted by atomic mass is 16.1. The zero-order valence-corrected chi connectivity index (χ0v) is 12.3. The molecule has 110 valence electrons. The number of carbonyl (C=O) groups is 1. The largest absolute Gasteiger partial charge is 0.349 e. The van der Waals surface area contributed by atoms with E-state index in [0.29, 0.717) is 18.0 Å². The minimum absolute atomic E-state index is 0.000441. The Labute approximate surface area is 121 Å². The molecule has 0 saturated heterocycles. The van der Waals surface area contributed by atoms with Crippen molar-refractivity contribution in [1.29, 1.82) is 0 Å². The molecule has 1 aromatic rings. The number of hydrogen-bond acceptors (Lipinski definition) is 3. The maximum atomic E-state index is 12.3. The second kappa shape index (κ2) is 7.39. The molecule has 1 saturated carbocycles. The third-order valence-corrected chi connectivity index (χ3v) is 4.26. The van der Waals surface area contributed by atoms with Gasteiger partial charge in [0.2, 0.25) is 0 Å². The van der Waals surface area contributed by atoms with Crippen molar-refractivity contribution in [2.45, 2.75) is 58.0 Å². The second-order valence-electron chi connectivity index (χ2n) is 5.63. The van der Waals surface area contributed by atoms with Gasteiger partial charge in [-0.15, -0.1) is 0 Å². The van der Waals surface area contributed by atoms with Gasteiger partial charge < -0.3 is 11.1 Å². The first-order chi connectivity index (χ1) is 9.74. The molecular formula is C16H25N3O. The van der Waals surface area contributed by atoms with Crippen LogP contribution in [-0.4, -0.2) is 16.9 Å². The number of pyridine rings is 1. The summed E-state index contributed by atoms with van der Waals surface area (Å²) in [6.07, 6.45) is 9.05. The molecule has 1 aliphatic carbocycles. The summed E-state index contributed by atoms with van der Waals surface area (Å²) < 4.78 is 0. The fourth-order valence-electron chi connectivity index (χ4n) is 3.07. The molecule has 0 radical (unpaired) electrons. The van der Waals surface area contributed by atoms with E-state index in [1.807, 2.05) is 0 Å². The molecule has 0 aliphatic heterocycles. The third kappa shape index (κ3) is 3.79. The van der Waals surface area contributed by atoms with Gasteiger partial charge in [0.25, 0.3) is 5.91 Å². The summed E-state index contributed by atoms with van der Waals surface area (Å²) in [5.41, 5.74) is 6.98. The van der Waals surface area contributed by atoms with Gasteiger partial charge in [0.05, 0.1) is 5.69 Å². The van der Waals surface area contributed by atoms with Gasteiger partial charge in [-0.05, 0) is 37.3 Å². The SMILES string of the molecule is CCC(NC(=O)c1ccnc(CN)c1)C1CCCCC1. The van der Waals surface area contributed by atoms with E-state index in [4.69, 9.17) is 5.73 Å². The van der Waals surface area contributed by atoms with Crippen molar-refractivity contribution >= 4 is 5.91 Å². The van der Waals surface area contributed by atoms with Gasteiger partial charge in [-0.2, -0.15) is 0 Å². The van der Waals surface area contributed by atoms with Crippen LogP contribution in [0.25, 0.3) is 0 Å². The molecule has 4 nitrogen and oxygen atoms in total. The first-order valence-corrected chi connectivity index (χ1v) is 7.70. The summed E-state index contributed by atoms with van der Waals surface area (Å²) in [4.78, 5) is 16.5. The number of nitrogens with one attached hydrogen (secondary N) is 1. The van der Waals surface area contributed by atoms with Crippen LogP contribution in [0.15, 0.2) is 18.3 Å². The summed E-state index contributed by atoms with van der Waals surface area (Å²) in [5, 5.41) is 3.20. The molecule has 1 aliphatic rings. The van der Waals surface area contributed by atoms with E-state index in [1.165, 1.54) is 32.1 Å². The summed E-state index contributed by atoms with van der Waals surface area (Å²) >= 11 is 0. The summed E-state index contributed by atoms with van der Waals surface area (Å²) in [7, 11) is 0. The normalized spacial score (nSPS) is 17.7. The number of hydrogen-bond donors (Lipinski definition) is 2. The van der Waals surface area contributed by atoms with Crippen molar-refractivity contribution in [3.8, 4) is 0 Å².